The Bertz CT molecular complexity index is 1450. The third kappa shape index (κ3) is 6.69. The van der Waals surface area contributed by atoms with Crippen molar-refractivity contribution in [2.45, 2.75) is 24.1 Å². The molecule has 216 valence electrons. The van der Waals surface area contributed by atoms with Crippen molar-refractivity contribution in [3.05, 3.63) is 46.6 Å². The first-order valence-electron chi connectivity index (χ1n) is 10.7. The Balaban J connectivity index is 0.000000482. The van der Waals surface area contributed by atoms with Gasteiger partial charge in [-0.1, -0.05) is 11.2 Å². The Labute approximate surface area is 232 Å². The largest absolute Gasteiger partial charge is 0.741 e. The van der Waals surface area contributed by atoms with Gasteiger partial charge in [0.25, 0.3) is 11.8 Å². The van der Waals surface area contributed by atoms with Crippen LogP contribution in [0.25, 0.3) is 0 Å². The zero-order chi connectivity index (χ0) is 29.8. The van der Waals surface area contributed by atoms with Gasteiger partial charge in [-0.2, -0.15) is 13.2 Å². The molecule has 0 spiro atoms. The Morgan fingerprint density at radius 3 is 2.50 bits per heavy atom. The van der Waals surface area contributed by atoms with E-state index in [1.165, 1.54) is 28.7 Å². The van der Waals surface area contributed by atoms with Gasteiger partial charge in [-0.25, -0.2) is 22.8 Å². The highest BCUT2D eigenvalue weighted by atomic mass is 32.2. The smallest absolute Gasteiger partial charge is 0.485 e. The summed E-state index contributed by atoms with van der Waals surface area (Å²) in [6, 6.07) is 4.07. The number of hydrogen-bond acceptors (Lipinski definition) is 12. The molecule has 1 fully saturated rings. The van der Waals surface area contributed by atoms with Gasteiger partial charge in [0.15, 0.2) is 34.2 Å². The molecule has 2 aromatic rings. The quantitative estimate of drug-likeness (QED) is 0.108. The van der Waals surface area contributed by atoms with Crippen LogP contribution in [0.15, 0.2) is 51.7 Å². The van der Waals surface area contributed by atoms with Gasteiger partial charge in [-0.3, -0.25) is 19.4 Å². The fourth-order valence-corrected chi connectivity index (χ4v) is 5.44. The molecule has 2 amide bonds. The van der Waals surface area contributed by atoms with E-state index < -0.39 is 45.5 Å². The Morgan fingerprint density at radius 2 is 2.00 bits per heavy atom. The molecule has 2 aliphatic rings. The van der Waals surface area contributed by atoms with Gasteiger partial charge in [-0.15, -0.1) is 23.1 Å². The monoisotopic (exact) mass is 624 g/mol. The van der Waals surface area contributed by atoms with Crippen LogP contribution in [-0.4, -0.2) is 82.4 Å². The molecule has 2 aromatic heterocycles. The second-order valence-corrected chi connectivity index (χ2v) is 11.1. The third-order valence-corrected chi connectivity index (χ3v) is 7.66. The third-order valence-electron chi connectivity index (χ3n) is 5.25. The van der Waals surface area contributed by atoms with E-state index in [9.17, 15) is 32.7 Å². The molecular formula is C20H19F3N6O8S3. The Morgan fingerprint density at radius 1 is 1.38 bits per heavy atom. The zero-order valence-corrected chi connectivity index (χ0v) is 22.5. The number of halogens is 3. The van der Waals surface area contributed by atoms with Crippen molar-refractivity contribution in [1.82, 2.24) is 9.88 Å². The number of pyridine rings is 1. The number of nitrogens with zero attached hydrogens (tertiary/aromatic N) is 5. The molecule has 4 heterocycles. The number of allylic oxidation sites excluding steroid dienone is 1. The minimum atomic E-state index is -6.09. The van der Waals surface area contributed by atoms with Crippen LogP contribution >= 0.6 is 23.1 Å². The van der Waals surface area contributed by atoms with E-state index in [1.54, 1.807) is 5.38 Å². The number of oxime groups is 1. The molecule has 4 rings (SSSR count). The van der Waals surface area contributed by atoms with Crippen molar-refractivity contribution < 1.29 is 55.0 Å². The maximum Gasteiger partial charge on any atom is 0.485 e. The average Bonchev–Trinajstić information content (AvgIpc) is 3.30. The van der Waals surface area contributed by atoms with Gasteiger partial charge < -0.3 is 20.2 Å². The number of carboxylic acid groups (broad SMARTS) is 1. The number of hydrogen-bond donors (Lipinski definition) is 2. The van der Waals surface area contributed by atoms with E-state index in [2.05, 4.69) is 15.0 Å². The van der Waals surface area contributed by atoms with Crippen LogP contribution in [0.5, 0.6) is 0 Å². The van der Waals surface area contributed by atoms with Crippen molar-refractivity contribution in [2.75, 3.05) is 23.5 Å². The lowest BCUT2D eigenvalue weighted by Gasteiger charge is -2.52. The topological polar surface area (TPSA) is 199 Å². The summed E-state index contributed by atoms with van der Waals surface area (Å²) in [7, 11) is -4.80. The number of aromatic nitrogens is 2. The average molecular weight is 625 g/mol. The molecule has 2 unspecified atom stereocenters. The number of β-lactam (4-membered cyclic amide) rings is 1. The highest BCUT2D eigenvalue weighted by molar-refractivity contribution is 8.03. The fraction of sp³-hybridized carbons (Fsp3) is 0.300. The van der Waals surface area contributed by atoms with E-state index in [-0.39, 0.29) is 16.6 Å². The highest BCUT2D eigenvalue weighted by Gasteiger charge is 2.57. The summed E-state index contributed by atoms with van der Waals surface area (Å²) in [4.78, 5) is 49.8. The van der Waals surface area contributed by atoms with E-state index in [1.807, 2.05) is 35.2 Å². The van der Waals surface area contributed by atoms with E-state index in [0.717, 1.165) is 17.6 Å². The normalized spacial score (nSPS) is 18.9. The molecule has 20 heteroatoms. The van der Waals surface area contributed by atoms with Crippen LogP contribution in [0.1, 0.15) is 0 Å². The van der Waals surface area contributed by atoms with Crippen molar-refractivity contribution in [3.8, 4) is 0 Å². The molecule has 0 aromatic carbocycles. The molecular weight excluding hydrogens is 605 g/mol. The standard InChI is InChI=1S/C19H18N6O5S2.CHF3O3S/c1-30-21-7-14(26)25(13-10-32-19(20)22-13)15-11-9-31-12(8-23-5-3-2-4-6-23)16(18(28)29)24(11)17(15)27;2-1(3,4)8(5,6)7/h2-7,10-11,15H,8-9H2,1H3,(H2-,20,22,28,29);(H,5,6,7). The summed E-state index contributed by atoms with van der Waals surface area (Å²) in [6.45, 7) is 0.320. The van der Waals surface area contributed by atoms with Crippen LogP contribution < -0.4 is 15.2 Å². The molecule has 1 saturated heterocycles. The Kier molecular flexibility index (Phi) is 9.38. The molecule has 0 radical (unpaired) electrons. The lowest BCUT2D eigenvalue weighted by molar-refractivity contribution is -0.687. The van der Waals surface area contributed by atoms with Crippen LogP contribution in [-0.2, 0) is 35.9 Å². The van der Waals surface area contributed by atoms with Gasteiger partial charge in [-0.05, 0) is 0 Å². The number of carbonyl (C=O) groups excluding carboxylic acids is 2. The molecule has 14 nitrogen and oxygen atoms in total. The number of thioether (sulfide) groups is 1. The van der Waals surface area contributed by atoms with Gasteiger partial charge in [0.2, 0.25) is 0 Å². The van der Waals surface area contributed by atoms with Crippen LogP contribution in [0.4, 0.5) is 24.1 Å². The second kappa shape index (κ2) is 12.2. The lowest BCUT2D eigenvalue weighted by atomic mass is 9.93. The van der Waals surface area contributed by atoms with E-state index in [4.69, 9.17) is 18.7 Å². The number of nitrogens with two attached hydrogens (primary N) is 1. The molecule has 0 saturated carbocycles. The number of thiazole rings is 1. The van der Waals surface area contributed by atoms with Gasteiger partial charge in [0.05, 0.1) is 10.9 Å². The zero-order valence-electron chi connectivity index (χ0n) is 20.1. The van der Waals surface area contributed by atoms with Gasteiger partial charge in [0.1, 0.15) is 30.9 Å². The van der Waals surface area contributed by atoms with Crippen LogP contribution in [0.2, 0.25) is 0 Å². The first kappa shape index (κ1) is 30.8. The van der Waals surface area contributed by atoms with Crippen molar-refractivity contribution in [2.24, 2.45) is 5.16 Å². The van der Waals surface area contributed by atoms with Crippen molar-refractivity contribution in [3.63, 3.8) is 0 Å². The number of aliphatic carboxylic acids is 1. The van der Waals surface area contributed by atoms with Crippen molar-refractivity contribution >= 4 is 68.2 Å². The summed E-state index contributed by atoms with van der Waals surface area (Å²) >= 11 is 2.48. The van der Waals surface area contributed by atoms with Gasteiger partial charge in [0, 0.05) is 23.3 Å². The number of fused-ring (bicyclic) bond motifs is 1. The highest BCUT2D eigenvalue weighted by Crippen LogP contribution is 2.42. The van der Waals surface area contributed by atoms with Gasteiger partial charge >= 0.3 is 11.5 Å². The number of amides is 2. The maximum atomic E-state index is 13.2. The molecule has 0 bridgehead atoms. The number of alkyl halides is 3. The number of nitrogen functional groups attached to an aromatic ring is 1. The SMILES string of the molecule is CON=CC(=O)N(c1csc(N)n1)C1C(=O)N2C(C(=O)O)=C(C[n+]3ccccc3)SCC12.O=S(=O)([O-])C(F)(F)F. The predicted molar refractivity (Wildman–Crippen MR) is 133 cm³/mol. The summed E-state index contributed by atoms with van der Waals surface area (Å²) in [5.74, 6) is -1.70. The minimum absolute atomic E-state index is 0.0698. The minimum Gasteiger partial charge on any atom is -0.741 e. The number of anilines is 2. The Hall–Kier alpha value is -3.75. The van der Waals surface area contributed by atoms with E-state index in [0.29, 0.717) is 17.2 Å². The molecule has 2 aliphatic heterocycles. The number of rotatable bonds is 7. The van der Waals surface area contributed by atoms with Crippen molar-refractivity contribution in [1.29, 1.82) is 0 Å². The molecule has 40 heavy (non-hydrogen) atoms. The first-order valence-corrected chi connectivity index (χ1v) is 13.9. The summed E-state index contributed by atoms with van der Waals surface area (Å²) < 4.78 is 60.7. The maximum absolute atomic E-state index is 13.2. The fourth-order valence-electron chi connectivity index (χ4n) is 3.63. The molecule has 2 atom stereocenters. The van der Waals surface area contributed by atoms with E-state index >= 15 is 0 Å². The number of carboxylic acids is 1. The van der Waals surface area contributed by atoms with Crippen LogP contribution in [0, 0.1) is 0 Å². The second-order valence-electron chi connectivity index (χ2n) is 7.73. The first-order chi connectivity index (χ1) is 18.7. The summed E-state index contributed by atoms with van der Waals surface area (Å²) in [5.41, 5.74) is 0.00455. The lowest BCUT2D eigenvalue weighted by Crippen LogP contribution is -2.74. The predicted octanol–water partition coefficient (Wildman–Crippen LogP) is 0.352. The molecule has 0 aliphatic carbocycles. The summed E-state index contributed by atoms with van der Waals surface area (Å²) in [5, 5.41) is 15.2. The van der Waals surface area contributed by atoms with Crippen LogP contribution in [0.3, 0.4) is 0 Å². The molecule has 3 N–H and O–H groups in total. The number of carbonyl (C=O) groups is 3. The summed E-state index contributed by atoms with van der Waals surface area (Å²) in [6.07, 6.45) is 4.58.